The van der Waals surface area contributed by atoms with E-state index in [0.717, 1.165) is 12.8 Å². The van der Waals surface area contributed by atoms with Gasteiger partial charge in [-0.25, -0.2) is 4.79 Å². The molecule has 1 aromatic rings. The van der Waals surface area contributed by atoms with Gasteiger partial charge in [0.15, 0.2) is 0 Å². The summed E-state index contributed by atoms with van der Waals surface area (Å²) in [6.07, 6.45) is 1.79. The van der Waals surface area contributed by atoms with Crippen LogP contribution in [0.25, 0.3) is 0 Å². The number of hydrogen-bond donors (Lipinski definition) is 2. The van der Waals surface area contributed by atoms with Gasteiger partial charge >= 0.3 is 5.97 Å². The number of carbonyl (C=O) groups excluding carboxylic acids is 3. The minimum Gasteiger partial charge on any atom is -0.465 e. The summed E-state index contributed by atoms with van der Waals surface area (Å²) in [5.74, 6) is -0.807. The van der Waals surface area contributed by atoms with Crippen molar-refractivity contribution in [2.75, 3.05) is 19.0 Å². The largest absolute Gasteiger partial charge is 0.465 e. The first-order valence-electron chi connectivity index (χ1n) is 6.36. The van der Waals surface area contributed by atoms with Gasteiger partial charge in [-0.1, -0.05) is 6.07 Å². The molecule has 1 saturated carbocycles. The van der Waals surface area contributed by atoms with Gasteiger partial charge in [-0.05, 0) is 31.0 Å². The van der Waals surface area contributed by atoms with Crippen LogP contribution in [0.4, 0.5) is 5.69 Å². The molecule has 0 atom stereocenters. The molecule has 0 radical (unpaired) electrons. The quantitative estimate of drug-likeness (QED) is 0.784. The van der Waals surface area contributed by atoms with E-state index >= 15 is 0 Å². The lowest BCUT2D eigenvalue weighted by Crippen LogP contribution is -2.33. The van der Waals surface area contributed by atoms with Gasteiger partial charge in [-0.3, -0.25) is 9.59 Å². The highest BCUT2D eigenvalue weighted by molar-refractivity contribution is 5.96. The molecule has 0 unspecified atom stereocenters. The van der Waals surface area contributed by atoms with E-state index in [2.05, 4.69) is 15.4 Å². The van der Waals surface area contributed by atoms with Gasteiger partial charge in [0.25, 0.3) is 0 Å². The summed E-state index contributed by atoms with van der Waals surface area (Å²) in [5, 5.41) is 5.19. The van der Waals surface area contributed by atoms with E-state index in [4.69, 9.17) is 0 Å². The number of methoxy groups -OCH3 is 1. The molecule has 0 heterocycles. The standard InChI is InChI=1S/C14H16N2O4/c1-20-14(19)10-3-2-4-11(7-10)16-12(17)8-15-13(18)9-5-6-9/h2-4,7,9H,5-6,8H2,1H3,(H,15,18)(H,16,17). The van der Waals surface area contributed by atoms with E-state index in [1.54, 1.807) is 18.2 Å². The maximum absolute atomic E-state index is 11.7. The molecule has 2 rings (SSSR count). The molecule has 1 fully saturated rings. The zero-order chi connectivity index (χ0) is 14.5. The first kappa shape index (κ1) is 14.0. The molecule has 0 spiro atoms. The molecule has 1 aromatic carbocycles. The van der Waals surface area contributed by atoms with E-state index in [1.807, 2.05) is 0 Å². The van der Waals surface area contributed by atoms with E-state index in [9.17, 15) is 14.4 Å². The Labute approximate surface area is 116 Å². The highest BCUT2D eigenvalue weighted by atomic mass is 16.5. The Hall–Kier alpha value is -2.37. The average molecular weight is 276 g/mol. The number of anilines is 1. The molecule has 0 bridgehead atoms. The number of hydrogen-bond acceptors (Lipinski definition) is 4. The number of esters is 1. The fourth-order valence-electron chi connectivity index (χ4n) is 1.70. The highest BCUT2D eigenvalue weighted by Crippen LogP contribution is 2.28. The van der Waals surface area contributed by atoms with Crippen LogP contribution in [0.15, 0.2) is 24.3 Å². The lowest BCUT2D eigenvalue weighted by Gasteiger charge is -2.07. The van der Waals surface area contributed by atoms with Crippen LogP contribution in [0.5, 0.6) is 0 Å². The molecule has 2 amide bonds. The molecule has 1 aliphatic rings. The van der Waals surface area contributed by atoms with Crippen LogP contribution >= 0.6 is 0 Å². The van der Waals surface area contributed by atoms with Crippen molar-refractivity contribution in [3.8, 4) is 0 Å². The zero-order valence-corrected chi connectivity index (χ0v) is 11.1. The Balaban J connectivity index is 1.86. The second-order valence-corrected chi connectivity index (χ2v) is 4.61. The summed E-state index contributed by atoms with van der Waals surface area (Å²) < 4.78 is 4.60. The average Bonchev–Trinajstić information content (AvgIpc) is 3.28. The second kappa shape index (κ2) is 6.18. The number of carbonyl (C=O) groups is 3. The van der Waals surface area contributed by atoms with Crippen LogP contribution in [-0.4, -0.2) is 31.4 Å². The number of rotatable bonds is 5. The fraction of sp³-hybridized carbons (Fsp3) is 0.357. The van der Waals surface area contributed by atoms with Crippen LogP contribution in [0, 0.1) is 5.92 Å². The van der Waals surface area contributed by atoms with Crippen LogP contribution in [0.2, 0.25) is 0 Å². The molecule has 20 heavy (non-hydrogen) atoms. The predicted molar refractivity (Wildman–Crippen MR) is 72.1 cm³/mol. The summed E-state index contributed by atoms with van der Waals surface area (Å²) >= 11 is 0. The van der Waals surface area contributed by atoms with E-state index in [-0.39, 0.29) is 24.3 Å². The molecule has 6 heteroatoms. The zero-order valence-electron chi connectivity index (χ0n) is 11.1. The van der Waals surface area contributed by atoms with Crippen molar-refractivity contribution in [3.05, 3.63) is 29.8 Å². The minimum absolute atomic E-state index is 0.0716. The molecule has 0 aromatic heterocycles. The minimum atomic E-state index is -0.469. The van der Waals surface area contributed by atoms with E-state index < -0.39 is 5.97 Å². The van der Waals surface area contributed by atoms with Gasteiger partial charge in [0, 0.05) is 11.6 Å². The van der Waals surface area contributed by atoms with Crippen molar-refractivity contribution in [1.29, 1.82) is 0 Å². The first-order valence-corrected chi connectivity index (χ1v) is 6.36. The van der Waals surface area contributed by atoms with E-state index in [0.29, 0.717) is 11.3 Å². The SMILES string of the molecule is COC(=O)c1cccc(NC(=O)CNC(=O)C2CC2)c1. The Kier molecular flexibility index (Phi) is 4.34. The topological polar surface area (TPSA) is 84.5 Å². The van der Waals surface area contributed by atoms with Gasteiger partial charge in [0.2, 0.25) is 11.8 Å². The van der Waals surface area contributed by atoms with E-state index in [1.165, 1.54) is 13.2 Å². The summed E-state index contributed by atoms with van der Waals surface area (Å²) in [6.45, 7) is -0.0716. The van der Waals surface area contributed by atoms with Gasteiger partial charge in [-0.15, -0.1) is 0 Å². The molecular formula is C14H16N2O4. The normalized spacial score (nSPS) is 13.4. The van der Waals surface area contributed by atoms with Gasteiger partial charge in [0.05, 0.1) is 19.2 Å². The third-order valence-corrected chi connectivity index (χ3v) is 2.94. The highest BCUT2D eigenvalue weighted by Gasteiger charge is 2.29. The van der Waals surface area contributed by atoms with Crippen LogP contribution in [-0.2, 0) is 14.3 Å². The Bertz CT molecular complexity index is 538. The van der Waals surface area contributed by atoms with Crippen LogP contribution in [0.3, 0.4) is 0 Å². The van der Waals surface area contributed by atoms with Gasteiger partial charge in [-0.2, -0.15) is 0 Å². The number of ether oxygens (including phenoxy) is 1. The summed E-state index contributed by atoms with van der Waals surface area (Å²) in [4.78, 5) is 34.4. The molecular weight excluding hydrogens is 260 g/mol. The molecule has 0 saturated heterocycles. The van der Waals surface area contributed by atoms with Crippen molar-refractivity contribution in [1.82, 2.24) is 5.32 Å². The third-order valence-electron chi connectivity index (χ3n) is 2.94. The van der Waals surface area contributed by atoms with Crippen molar-refractivity contribution < 1.29 is 19.1 Å². The van der Waals surface area contributed by atoms with Crippen molar-refractivity contribution in [2.45, 2.75) is 12.8 Å². The maximum atomic E-state index is 11.7. The number of nitrogens with one attached hydrogen (secondary N) is 2. The third kappa shape index (κ3) is 3.81. The lowest BCUT2D eigenvalue weighted by atomic mass is 10.2. The lowest BCUT2D eigenvalue weighted by molar-refractivity contribution is -0.125. The summed E-state index contributed by atoms with van der Waals surface area (Å²) in [7, 11) is 1.29. The van der Waals surface area contributed by atoms with Crippen molar-refractivity contribution >= 4 is 23.5 Å². The maximum Gasteiger partial charge on any atom is 0.337 e. The second-order valence-electron chi connectivity index (χ2n) is 4.61. The van der Waals surface area contributed by atoms with Crippen LogP contribution in [0.1, 0.15) is 23.2 Å². The smallest absolute Gasteiger partial charge is 0.337 e. The molecule has 0 aliphatic heterocycles. The molecule has 106 valence electrons. The number of benzene rings is 1. The monoisotopic (exact) mass is 276 g/mol. The van der Waals surface area contributed by atoms with Gasteiger partial charge in [0.1, 0.15) is 0 Å². The number of amides is 2. The summed E-state index contributed by atoms with van der Waals surface area (Å²) in [5.41, 5.74) is 0.839. The Morgan fingerprint density at radius 1 is 1.30 bits per heavy atom. The predicted octanol–water partition coefficient (Wildman–Crippen LogP) is 0.938. The van der Waals surface area contributed by atoms with Crippen molar-refractivity contribution in [2.24, 2.45) is 5.92 Å². The molecule has 6 nitrogen and oxygen atoms in total. The summed E-state index contributed by atoms with van der Waals surface area (Å²) in [6, 6.07) is 6.42. The Morgan fingerprint density at radius 3 is 2.70 bits per heavy atom. The molecule has 2 N–H and O–H groups in total. The Morgan fingerprint density at radius 2 is 2.05 bits per heavy atom. The fourth-order valence-corrected chi connectivity index (χ4v) is 1.70. The van der Waals surface area contributed by atoms with Crippen molar-refractivity contribution in [3.63, 3.8) is 0 Å². The van der Waals surface area contributed by atoms with Gasteiger partial charge < -0.3 is 15.4 Å². The first-order chi connectivity index (χ1) is 9.60. The van der Waals surface area contributed by atoms with Crippen LogP contribution < -0.4 is 10.6 Å². The molecule has 1 aliphatic carbocycles.